The summed E-state index contributed by atoms with van der Waals surface area (Å²) in [5.41, 5.74) is -2.46. The van der Waals surface area contributed by atoms with Crippen LogP contribution in [0.1, 0.15) is 182 Å². The third-order valence-electron chi connectivity index (χ3n) is 17.6. The van der Waals surface area contributed by atoms with Crippen LogP contribution < -0.4 is 10.0 Å². The zero-order valence-corrected chi connectivity index (χ0v) is 38.2. The second-order valence-corrected chi connectivity index (χ2v) is 24.2. The number of amides is 3. The quantitative estimate of drug-likeness (QED) is 0.177. The second kappa shape index (κ2) is 15.5. The summed E-state index contributed by atoms with van der Waals surface area (Å²) in [6, 6.07) is -1.69. The van der Waals surface area contributed by atoms with E-state index in [1.807, 2.05) is 27.7 Å². The van der Waals surface area contributed by atoms with Gasteiger partial charge in [0, 0.05) is 40.9 Å². The first kappa shape index (κ1) is 40.7. The zero-order chi connectivity index (χ0) is 45.6. The molecule has 12 heteroatoms. The van der Waals surface area contributed by atoms with Crippen LogP contribution in [0.4, 0.5) is 0 Å². The number of nitrogens with one attached hydrogen (secondary N) is 2. The number of nitrogens with zero attached hydrogens (tertiary/aromatic N) is 2. The molecule has 7 atom stereocenters. The number of hydrogen-bond acceptors (Lipinski definition) is 8. The molecule has 2 spiro atoms. The molecule has 2 heterocycles. The molecule has 0 aromatic heterocycles. The summed E-state index contributed by atoms with van der Waals surface area (Å²) < 4.78 is 50.9. The second-order valence-electron chi connectivity index (χ2n) is 22.2. The Morgan fingerprint density at radius 2 is 1.53 bits per heavy atom. The van der Waals surface area contributed by atoms with Gasteiger partial charge < -0.3 is 10.2 Å². The third-order valence-corrected chi connectivity index (χ3v) is 19.5. The highest BCUT2D eigenvalue weighted by atomic mass is 32.2. The van der Waals surface area contributed by atoms with Crippen molar-refractivity contribution in [3.63, 3.8) is 0 Å². The van der Waals surface area contributed by atoms with Crippen LogP contribution in [0.15, 0.2) is 0 Å². The van der Waals surface area contributed by atoms with Gasteiger partial charge in [0.1, 0.15) is 0 Å². The molecule has 5 aliphatic carbocycles. The third kappa shape index (κ3) is 7.45. The molecular formula is C47H76N4O7S. The fourth-order valence-corrected chi connectivity index (χ4v) is 14.3. The van der Waals surface area contributed by atoms with E-state index in [0.29, 0.717) is 25.8 Å². The molecular weight excluding hydrogens is 765 g/mol. The van der Waals surface area contributed by atoms with Gasteiger partial charge in [-0.3, -0.25) is 33.6 Å². The Kier molecular flexibility index (Phi) is 10.7. The van der Waals surface area contributed by atoms with E-state index < -0.39 is 56.4 Å². The van der Waals surface area contributed by atoms with Crippen molar-refractivity contribution in [2.24, 2.45) is 44.8 Å². The number of carbonyl (C=O) groups is 5. The molecule has 7 aliphatic rings. The van der Waals surface area contributed by atoms with Crippen LogP contribution in [-0.4, -0.2) is 89.5 Å². The summed E-state index contributed by atoms with van der Waals surface area (Å²) in [6.45, 7) is 14.8. The Hall–Kier alpha value is -2.34. The number of fused-ring (bicyclic) bond motifs is 1. The first-order valence-corrected chi connectivity index (χ1v) is 24.7. The average Bonchev–Trinajstić information content (AvgIpc) is 4.12. The summed E-state index contributed by atoms with van der Waals surface area (Å²) in [5.74, 6) is -2.72. The van der Waals surface area contributed by atoms with Crippen molar-refractivity contribution < 1.29 is 36.5 Å². The van der Waals surface area contributed by atoms with Crippen molar-refractivity contribution in [2.45, 2.75) is 207 Å². The number of rotatable bonds is 15. The number of piperidine rings is 1. The molecule has 0 aromatic rings. The number of ketones is 2. The minimum atomic E-state index is -4.57. The molecule has 7 fully saturated rings. The number of hydrogen-bond donors (Lipinski definition) is 2. The Morgan fingerprint density at radius 3 is 2.05 bits per heavy atom. The van der Waals surface area contributed by atoms with Crippen molar-refractivity contribution in [3.05, 3.63) is 0 Å². The maximum absolute atomic E-state index is 15.4. The average molecular weight is 844 g/mol. The number of likely N-dealkylation sites (tertiary alicyclic amines) is 2. The fraction of sp³-hybridized carbons (Fsp3) is 0.894. The van der Waals surface area contributed by atoms with Gasteiger partial charge in [-0.1, -0.05) is 80.1 Å². The molecule has 5 saturated carbocycles. The molecule has 2 aliphatic heterocycles. The Balaban J connectivity index is 1.16. The van der Waals surface area contributed by atoms with E-state index in [2.05, 4.69) is 42.6 Å². The van der Waals surface area contributed by atoms with Gasteiger partial charge in [0.25, 0.3) is 0 Å². The van der Waals surface area contributed by atoms with Crippen LogP contribution >= 0.6 is 0 Å². The number of sulfonamides is 1. The number of carbonyl (C=O) groups excluding carboxylic acids is 5. The summed E-state index contributed by atoms with van der Waals surface area (Å²) in [5, 5.41) is 3.26. The van der Waals surface area contributed by atoms with Crippen LogP contribution in [0.3, 0.4) is 0 Å². The molecule has 332 valence electrons. The monoisotopic (exact) mass is 844 g/mol. The first-order chi connectivity index (χ1) is 28.8. The molecule has 0 radical (unpaired) electrons. The predicted molar refractivity (Wildman–Crippen MR) is 228 cm³/mol. The fourth-order valence-electron chi connectivity index (χ4n) is 13.1. The van der Waals surface area contributed by atoms with Crippen LogP contribution in [0.25, 0.3) is 0 Å². The van der Waals surface area contributed by atoms with E-state index in [9.17, 15) is 27.6 Å². The van der Waals surface area contributed by atoms with Crippen LogP contribution in [-0.2, 0) is 34.0 Å². The maximum Gasteiger partial charge on any atom is 0.240 e. The van der Waals surface area contributed by atoms with E-state index >= 15 is 4.79 Å². The van der Waals surface area contributed by atoms with Gasteiger partial charge >= 0.3 is 0 Å². The van der Waals surface area contributed by atoms with Gasteiger partial charge in [-0.05, 0) is 120 Å². The topological polar surface area (TPSA) is 150 Å². The molecule has 3 amide bonds. The summed E-state index contributed by atoms with van der Waals surface area (Å²) in [7, 11) is -4.57. The lowest BCUT2D eigenvalue weighted by Crippen LogP contribution is -2.57. The SMILES string of the molecule is [2H]C([2H])([2H])C1(S(=O)(=O)NC(=O)[C@@]2(CC(=O)[C@@H]3C[C@@]4(CN3C(=O)[C@@H](CC(=O)[C@@H](NC(=O)[C@@H]3CCCCN3C(C)C)C3CCCCC3)C(C)(C)C)C(C)(C)C43CCC3)C[C@H]2CC)CC1. The van der Waals surface area contributed by atoms with E-state index in [0.717, 1.165) is 77.2 Å². The van der Waals surface area contributed by atoms with Gasteiger partial charge in [0.2, 0.25) is 27.7 Å². The van der Waals surface area contributed by atoms with Crippen molar-refractivity contribution in [1.29, 1.82) is 0 Å². The van der Waals surface area contributed by atoms with Crippen molar-refractivity contribution in [3.8, 4) is 0 Å². The Morgan fingerprint density at radius 1 is 0.864 bits per heavy atom. The normalized spacial score (nSPS) is 34.2. The van der Waals surface area contributed by atoms with E-state index in [1.165, 1.54) is 0 Å². The van der Waals surface area contributed by atoms with Gasteiger partial charge in [0.05, 0.1) is 28.3 Å². The lowest BCUT2D eigenvalue weighted by molar-refractivity contribution is -0.147. The first-order valence-electron chi connectivity index (χ1n) is 24.8. The maximum atomic E-state index is 15.4. The smallest absolute Gasteiger partial charge is 0.240 e. The zero-order valence-electron chi connectivity index (χ0n) is 40.3. The van der Waals surface area contributed by atoms with Gasteiger partial charge in [0.15, 0.2) is 11.6 Å². The predicted octanol–water partition coefficient (Wildman–Crippen LogP) is 7.11. The van der Waals surface area contributed by atoms with E-state index in [1.54, 1.807) is 4.90 Å². The lowest BCUT2D eigenvalue weighted by Gasteiger charge is -2.40. The molecule has 11 nitrogen and oxygen atoms in total. The highest BCUT2D eigenvalue weighted by Gasteiger charge is 2.85. The largest absolute Gasteiger partial charge is 0.345 e. The molecule has 2 saturated heterocycles. The highest BCUT2D eigenvalue weighted by molar-refractivity contribution is 7.91. The Labute approximate surface area is 359 Å². The molecule has 0 aromatic carbocycles. The van der Waals surface area contributed by atoms with Crippen molar-refractivity contribution >= 4 is 39.3 Å². The summed E-state index contributed by atoms with van der Waals surface area (Å²) >= 11 is 0. The van der Waals surface area contributed by atoms with Gasteiger partial charge in [-0.15, -0.1) is 0 Å². The van der Waals surface area contributed by atoms with E-state index in [-0.39, 0.29) is 89.2 Å². The standard InChI is InChI=1S/C47H76N4O7S/c1-10-32-26-45(32,41(56)49-59(57,58)44(9)22-23-44)28-37(53)35-27-47(43(7,8)46(47)20-16-21-46)29-51(35)40(55)33(42(4,5)6)25-36(52)38(31-17-12-11-13-18-31)48-39(54)34-19-14-15-24-50(34)30(2)3/h30-35,38H,10-29H2,1-9H3,(H,48,54)(H,49,56)/t32-,33-,34+,35+,38+,45-,47-/m1/s1/i9D3. The summed E-state index contributed by atoms with van der Waals surface area (Å²) in [6.07, 6.45) is 11.3. The van der Waals surface area contributed by atoms with Crippen LogP contribution in [0.5, 0.6) is 0 Å². The minimum Gasteiger partial charge on any atom is -0.345 e. The van der Waals surface area contributed by atoms with Gasteiger partial charge in [-0.2, -0.15) is 0 Å². The van der Waals surface area contributed by atoms with E-state index in [4.69, 9.17) is 4.11 Å². The lowest BCUT2D eigenvalue weighted by atomic mass is 9.73. The minimum absolute atomic E-state index is 0.0114. The van der Waals surface area contributed by atoms with Crippen LogP contribution in [0, 0.1) is 44.8 Å². The van der Waals surface area contributed by atoms with Crippen molar-refractivity contribution in [2.75, 3.05) is 13.1 Å². The molecule has 0 unspecified atom stereocenters. The molecule has 59 heavy (non-hydrogen) atoms. The Bertz CT molecular complexity index is 1910. The molecule has 7 rings (SSSR count). The van der Waals surface area contributed by atoms with Gasteiger partial charge in [-0.25, -0.2) is 8.42 Å². The molecule has 0 bridgehead atoms. The number of Topliss-reactive ketones (excluding diaryl/α,β-unsaturated/α-hetero) is 2. The van der Waals surface area contributed by atoms with Crippen molar-refractivity contribution in [1.82, 2.24) is 19.8 Å². The highest BCUT2D eigenvalue weighted by Crippen LogP contribution is 2.88. The van der Waals surface area contributed by atoms with Crippen LogP contribution in [0.2, 0.25) is 0 Å². The molecule has 2 N–H and O–H groups in total. The summed E-state index contributed by atoms with van der Waals surface area (Å²) in [4.78, 5) is 77.5.